The van der Waals surface area contributed by atoms with Gasteiger partial charge in [-0.3, -0.25) is 34.0 Å². The van der Waals surface area contributed by atoms with E-state index in [1.54, 1.807) is 19.9 Å². The molecule has 0 saturated heterocycles. The summed E-state index contributed by atoms with van der Waals surface area (Å²) < 4.78 is 115. The van der Waals surface area contributed by atoms with Crippen LogP contribution in [0.2, 0.25) is 0 Å². The molecule has 22 heteroatoms. The van der Waals surface area contributed by atoms with Gasteiger partial charge in [0.25, 0.3) is 0 Å². The molecule has 0 amide bonds. The molecular formula is C43H46F4N8O8S2. The van der Waals surface area contributed by atoms with Gasteiger partial charge in [-0.05, 0) is 73.2 Å². The molecule has 0 unspecified atom stereocenters. The van der Waals surface area contributed by atoms with Gasteiger partial charge >= 0.3 is 5.97 Å². The van der Waals surface area contributed by atoms with E-state index in [1.165, 1.54) is 32.0 Å². The molecule has 4 heterocycles. The molecule has 0 bridgehead atoms. The van der Waals surface area contributed by atoms with Crippen LogP contribution < -0.4 is 9.44 Å². The van der Waals surface area contributed by atoms with Gasteiger partial charge in [0.2, 0.25) is 20.0 Å². The van der Waals surface area contributed by atoms with Gasteiger partial charge in [0.1, 0.15) is 11.6 Å². The number of halogens is 4. The summed E-state index contributed by atoms with van der Waals surface area (Å²) in [6.45, 7) is 3.30. The lowest BCUT2D eigenvalue weighted by Crippen LogP contribution is -2.19. The Morgan fingerprint density at radius 2 is 1.17 bits per heavy atom. The van der Waals surface area contributed by atoms with Crippen molar-refractivity contribution in [3.63, 3.8) is 0 Å². The van der Waals surface area contributed by atoms with E-state index in [1.807, 2.05) is 4.72 Å². The molecule has 0 radical (unpaired) electrons. The molecule has 6 aromatic rings. The summed E-state index contributed by atoms with van der Waals surface area (Å²) in [4.78, 5) is 45.5. The number of methoxy groups -OCH3 is 1. The Labute approximate surface area is 371 Å². The lowest BCUT2D eigenvalue weighted by molar-refractivity contribution is -0.139. The van der Waals surface area contributed by atoms with Gasteiger partial charge in [0, 0.05) is 47.6 Å². The SMILES string of the molecule is CCCS(=O)(=O)Nc1ccc(F)c(C(=O)Cc2cnc3n[nH]c(C4CCCCC4)c3c2)c1F.CCCS(=O)(=O)Nc1ccc(F)c(C(=O)Cc2cnc3n[nH]c(CC(=O)OC)c3c2)c1F. The maximum absolute atomic E-state index is 14.9. The van der Waals surface area contributed by atoms with Gasteiger partial charge in [-0.2, -0.15) is 10.2 Å². The second-order valence-electron chi connectivity index (χ2n) is 15.5. The van der Waals surface area contributed by atoms with Crippen LogP contribution in [0.15, 0.2) is 48.8 Å². The maximum Gasteiger partial charge on any atom is 0.311 e. The van der Waals surface area contributed by atoms with Crippen molar-refractivity contribution in [3.8, 4) is 0 Å². The van der Waals surface area contributed by atoms with E-state index in [4.69, 9.17) is 0 Å². The number of nitrogens with zero attached hydrogens (tertiary/aromatic N) is 4. The number of nitrogens with one attached hydrogen (secondary N) is 4. The van der Waals surface area contributed by atoms with E-state index < -0.39 is 89.8 Å². The average molecular weight is 943 g/mol. The highest BCUT2D eigenvalue weighted by atomic mass is 32.2. The molecule has 346 valence electrons. The molecule has 65 heavy (non-hydrogen) atoms. The van der Waals surface area contributed by atoms with E-state index in [0.717, 1.165) is 61.0 Å². The molecule has 0 aliphatic heterocycles. The topological polar surface area (TPSA) is 236 Å². The van der Waals surface area contributed by atoms with Crippen LogP contribution in [-0.2, 0) is 48.8 Å². The summed E-state index contributed by atoms with van der Waals surface area (Å²) in [7, 11) is -6.40. The molecule has 16 nitrogen and oxygen atoms in total. The highest BCUT2D eigenvalue weighted by Gasteiger charge is 2.26. The quantitative estimate of drug-likeness (QED) is 0.0398. The number of benzene rings is 2. The number of Topliss-reactive ketones (excluding diaryl/α,β-unsaturated/α-hetero) is 2. The smallest absolute Gasteiger partial charge is 0.311 e. The minimum Gasteiger partial charge on any atom is -0.469 e. The number of aromatic amines is 2. The van der Waals surface area contributed by atoms with Crippen LogP contribution in [0.4, 0.5) is 28.9 Å². The Hall–Kier alpha value is -6.29. The number of aromatic nitrogens is 6. The Kier molecular flexibility index (Phi) is 15.3. The van der Waals surface area contributed by atoms with Crippen molar-refractivity contribution in [1.29, 1.82) is 0 Å². The van der Waals surface area contributed by atoms with Crippen molar-refractivity contribution in [2.45, 2.75) is 84.0 Å². The normalized spacial score (nSPS) is 13.3. The predicted octanol–water partition coefficient (Wildman–Crippen LogP) is 7.39. The zero-order valence-electron chi connectivity index (χ0n) is 35.6. The van der Waals surface area contributed by atoms with Crippen LogP contribution in [0.3, 0.4) is 0 Å². The molecule has 4 aromatic heterocycles. The first-order valence-corrected chi connectivity index (χ1v) is 24.0. The number of carbonyl (C=O) groups is 3. The van der Waals surface area contributed by atoms with Crippen LogP contribution in [0, 0.1) is 23.3 Å². The fraction of sp³-hybridized carbons (Fsp3) is 0.372. The minimum atomic E-state index is -3.84. The molecule has 0 spiro atoms. The fourth-order valence-corrected chi connectivity index (χ4v) is 9.76. The van der Waals surface area contributed by atoms with E-state index in [9.17, 15) is 48.8 Å². The lowest BCUT2D eigenvalue weighted by atomic mass is 9.86. The van der Waals surface area contributed by atoms with E-state index in [2.05, 4.69) is 39.8 Å². The third-order valence-electron chi connectivity index (χ3n) is 10.5. The molecule has 4 N–H and O–H groups in total. The maximum atomic E-state index is 14.9. The molecule has 1 aliphatic carbocycles. The number of ether oxygens (including phenoxy) is 1. The Morgan fingerprint density at radius 3 is 1.66 bits per heavy atom. The number of sulfonamides is 2. The standard InChI is InChI=1S/C23H26F2N4O3S.C20H20F2N4O5S/c1-2-10-33(31,32)29-18-9-8-17(24)20(21(18)25)19(30)12-14-11-16-22(15-6-4-3-5-7-15)27-28-23(16)26-13-14;1-3-6-32(29,30)26-14-5-4-13(21)18(19(14)22)16(27)8-11-7-12-15(9-17(28)31-2)24-25-20(12)23-10-11/h8-9,11,13,15,29H,2-7,10,12H2,1H3,(H,26,27,28);4-5,7,10,26H,3,6,8-9H2,1-2H3,(H,23,24,25). The zero-order chi connectivity index (χ0) is 47.1. The number of ketones is 2. The number of pyridine rings is 2. The van der Waals surface area contributed by atoms with Crippen molar-refractivity contribution >= 4 is 71.0 Å². The fourth-order valence-electron chi connectivity index (χ4n) is 7.50. The molecule has 1 fully saturated rings. The van der Waals surface area contributed by atoms with Gasteiger partial charge in [0.15, 0.2) is 34.5 Å². The van der Waals surface area contributed by atoms with Crippen molar-refractivity contribution in [1.82, 2.24) is 30.4 Å². The second-order valence-corrected chi connectivity index (χ2v) is 19.2. The molecular weight excluding hydrogens is 897 g/mol. The molecule has 2 aromatic carbocycles. The Balaban J connectivity index is 0.000000216. The Morgan fingerprint density at radius 1 is 0.692 bits per heavy atom. The van der Waals surface area contributed by atoms with Gasteiger partial charge in [-0.15, -0.1) is 0 Å². The van der Waals surface area contributed by atoms with Gasteiger partial charge < -0.3 is 4.74 Å². The highest BCUT2D eigenvalue weighted by molar-refractivity contribution is 7.92. The Bertz CT molecular complexity index is 2970. The molecule has 1 aliphatic rings. The van der Waals surface area contributed by atoms with Crippen molar-refractivity contribution in [3.05, 3.63) is 106 Å². The summed E-state index contributed by atoms with van der Waals surface area (Å²) >= 11 is 0. The van der Waals surface area contributed by atoms with Gasteiger partial charge in [0.05, 0.1) is 53.2 Å². The third kappa shape index (κ3) is 11.7. The number of H-pyrrole nitrogens is 2. The number of rotatable bonds is 17. The van der Waals surface area contributed by atoms with Crippen LogP contribution in [0.5, 0.6) is 0 Å². The van der Waals surface area contributed by atoms with Crippen molar-refractivity contribution in [2.75, 3.05) is 28.1 Å². The second kappa shape index (κ2) is 20.7. The molecule has 7 rings (SSSR count). The number of carbonyl (C=O) groups excluding carboxylic acids is 3. The first-order valence-electron chi connectivity index (χ1n) is 20.7. The number of fused-ring (bicyclic) bond motifs is 2. The number of hydrogen-bond donors (Lipinski definition) is 4. The van der Waals surface area contributed by atoms with Crippen molar-refractivity contribution in [2.24, 2.45) is 0 Å². The van der Waals surface area contributed by atoms with E-state index >= 15 is 0 Å². The number of hydrogen-bond acceptors (Lipinski definition) is 12. The summed E-state index contributed by atoms with van der Waals surface area (Å²) in [5, 5.41) is 15.2. The first kappa shape index (κ1) is 48.2. The average Bonchev–Trinajstić information content (AvgIpc) is 3.87. The van der Waals surface area contributed by atoms with Crippen molar-refractivity contribution < 1.29 is 53.5 Å². The number of esters is 1. The van der Waals surface area contributed by atoms with Crippen LogP contribution in [0.25, 0.3) is 22.1 Å². The zero-order valence-corrected chi connectivity index (χ0v) is 37.2. The van der Waals surface area contributed by atoms with Gasteiger partial charge in [-0.1, -0.05) is 33.1 Å². The summed E-state index contributed by atoms with van der Waals surface area (Å²) in [5.41, 5.74) is 0.474. The van der Waals surface area contributed by atoms with Crippen LogP contribution >= 0.6 is 0 Å². The largest absolute Gasteiger partial charge is 0.469 e. The van der Waals surface area contributed by atoms with Gasteiger partial charge in [-0.25, -0.2) is 44.4 Å². The van der Waals surface area contributed by atoms with E-state index in [0.29, 0.717) is 52.3 Å². The summed E-state index contributed by atoms with van der Waals surface area (Å²) in [6, 6.07) is 6.94. The minimum absolute atomic E-state index is 0.102. The monoisotopic (exact) mass is 942 g/mol. The predicted molar refractivity (Wildman–Crippen MR) is 234 cm³/mol. The molecule has 0 atom stereocenters. The lowest BCUT2D eigenvalue weighted by Gasteiger charge is -2.20. The molecule has 1 saturated carbocycles. The first-order chi connectivity index (χ1) is 30.9. The van der Waals surface area contributed by atoms with Crippen LogP contribution in [-0.4, -0.2) is 83.3 Å². The summed E-state index contributed by atoms with van der Waals surface area (Å²) in [6.07, 6.45) is 8.24. The number of anilines is 2. The highest BCUT2D eigenvalue weighted by Crippen LogP contribution is 2.35. The third-order valence-corrected chi connectivity index (χ3v) is 13.5. The van der Waals surface area contributed by atoms with E-state index in [-0.39, 0.29) is 24.3 Å². The van der Waals surface area contributed by atoms with Crippen LogP contribution in [0.1, 0.15) is 108 Å². The summed E-state index contributed by atoms with van der Waals surface area (Å²) in [5.74, 6) is -7.02.